The summed E-state index contributed by atoms with van der Waals surface area (Å²) in [5.74, 6) is -0.343. The third kappa shape index (κ3) is 3.81. The van der Waals surface area contributed by atoms with Gasteiger partial charge in [-0.3, -0.25) is 19.8 Å². The normalized spacial score (nSPS) is 19.5. The first-order valence-electron chi connectivity index (χ1n) is 9.76. The van der Waals surface area contributed by atoms with Gasteiger partial charge in [0.15, 0.2) is 0 Å². The molecule has 0 aromatic heterocycles. The van der Waals surface area contributed by atoms with E-state index >= 15 is 0 Å². The zero-order valence-electron chi connectivity index (χ0n) is 16.6. The number of anilines is 2. The molecule has 2 aliphatic heterocycles. The van der Waals surface area contributed by atoms with Gasteiger partial charge in [0, 0.05) is 42.6 Å². The number of nitrogens with one attached hydrogen (secondary N) is 1. The van der Waals surface area contributed by atoms with Crippen molar-refractivity contribution in [1.82, 2.24) is 10.2 Å². The molecule has 4 rings (SSSR count). The van der Waals surface area contributed by atoms with Crippen LogP contribution >= 0.6 is 0 Å². The number of piperazine rings is 1. The van der Waals surface area contributed by atoms with E-state index in [4.69, 9.17) is 0 Å². The van der Waals surface area contributed by atoms with E-state index in [1.54, 1.807) is 24.3 Å². The van der Waals surface area contributed by atoms with Crippen LogP contribution in [-0.4, -0.2) is 55.0 Å². The predicted octanol–water partition coefficient (Wildman–Crippen LogP) is 2.40. The third-order valence-electron chi connectivity index (χ3n) is 5.51. The molecule has 0 aliphatic carbocycles. The van der Waals surface area contributed by atoms with E-state index in [0.717, 1.165) is 13.1 Å². The van der Waals surface area contributed by atoms with Crippen molar-refractivity contribution in [3.8, 4) is 0 Å². The summed E-state index contributed by atoms with van der Waals surface area (Å²) in [4.78, 5) is 41.7. The van der Waals surface area contributed by atoms with Crippen LogP contribution in [0.5, 0.6) is 0 Å². The summed E-state index contributed by atoms with van der Waals surface area (Å²) in [6.07, 6.45) is 0. The van der Waals surface area contributed by atoms with Gasteiger partial charge in [0.05, 0.1) is 0 Å². The Kier molecular flexibility index (Phi) is 4.96. The number of aryl methyl sites for hydroxylation is 1. The second kappa shape index (κ2) is 7.58. The topological polar surface area (TPSA) is 73.0 Å². The minimum Gasteiger partial charge on any atom is -0.368 e. The zero-order chi connectivity index (χ0) is 20.5. The quantitative estimate of drug-likeness (QED) is 0.814. The molecule has 29 heavy (non-hydrogen) atoms. The van der Waals surface area contributed by atoms with Crippen molar-refractivity contribution >= 4 is 29.2 Å². The van der Waals surface area contributed by atoms with Crippen LogP contribution in [0.1, 0.15) is 22.8 Å². The highest BCUT2D eigenvalue weighted by atomic mass is 16.2. The van der Waals surface area contributed by atoms with Gasteiger partial charge in [-0.05, 0) is 50.2 Å². The fourth-order valence-electron chi connectivity index (χ4n) is 3.85. The lowest BCUT2D eigenvalue weighted by atomic mass is 10.1. The number of hydrogen-bond donors (Lipinski definition) is 1. The Bertz CT molecular complexity index is 940. The highest BCUT2D eigenvalue weighted by Gasteiger charge is 2.30. The van der Waals surface area contributed by atoms with Crippen LogP contribution in [-0.2, 0) is 4.79 Å². The molecular weight excluding hydrogens is 368 g/mol. The molecule has 1 N–H and O–H groups in total. The van der Waals surface area contributed by atoms with Crippen LogP contribution in [0.4, 0.5) is 16.2 Å². The number of rotatable bonds is 3. The lowest BCUT2D eigenvalue weighted by Gasteiger charge is -2.41. The van der Waals surface area contributed by atoms with Crippen LogP contribution in [0.3, 0.4) is 0 Å². The van der Waals surface area contributed by atoms with Gasteiger partial charge in [-0.1, -0.05) is 17.7 Å². The maximum Gasteiger partial charge on any atom is 0.329 e. The molecule has 2 aromatic carbocycles. The molecule has 150 valence electrons. The van der Waals surface area contributed by atoms with Crippen molar-refractivity contribution in [2.75, 3.05) is 36.0 Å². The lowest BCUT2D eigenvalue weighted by Crippen LogP contribution is -2.54. The fourth-order valence-corrected chi connectivity index (χ4v) is 3.85. The van der Waals surface area contributed by atoms with Crippen molar-refractivity contribution in [1.29, 1.82) is 0 Å². The van der Waals surface area contributed by atoms with Gasteiger partial charge in [-0.25, -0.2) is 4.79 Å². The summed E-state index contributed by atoms with van der Waals surface area (Å²) in [5, 5.41) is 2.25. The highest BCUT2D eigenvalue weighted by molar-refractivity contribution is 6.12. The number of urea groups is 1. The van der Waals surface area contributed by atoms with Crippen molar-refractivity contribution in [2.24, 2.45) is 0 Å². The minimum absolute atomic E-state index is 0.00410. The Labute approximate surface area is 169 Å². The number of imide groups is 1. The third-order valence-corrected chi connectivity index (χ3v) is 5.51. The van der Waals surface area contributed by atoms with Gasteiger partial charge in [-0.2, -0.15) is 0 Å². The Balaban J connectivity index is 1.42. The summed E-state index contributed by atoms with van der Waals surface area (Å²) in [7, 11) is 0. The average Bonchev–Trinajstić information content (AvgIpc) is 3.06. The van der Waals surface area contributed by atoms with Crippen LogP contribution in [0, 0.1) is 6.92 Å². The van der Waals surface area contributed by atoms with Gasteiger partial charge in [0.1, 0.15) is 6.54 Å². The van der Waals surface area contributed by atoms with Crippen molar-refractivity contribution in [3.63, 3.8) is 0 Å². The zero-order valence-corrected chi connectivity index (χ0v) is 16.6. The molecular formula is C22H24N4O3. The van der Waals surface area contributed by atoms with E-state index in [9.17, 15) is 14.4 Å². The average molecular weight is 392 g/mol. The largest absolute Gasteiger partial charge is 0.368 e. The van der Waals surface area contributed by atoms with Crippen molar-refractivity contribution in [2.45, 2.75) is 19.9 Å². The molecule has 0 bridgehead atoms. The fraction of sp³-hybridized carbons (Fsp3) is 0.318. The van der Waals surface area contributed by atoms with Gasteiger partial charge in [0.2, 0.25) is 5.91 Å². The van der Waals surface area contributed by atoms with E-state index in [2.05, 4.69) is 48.3 Å². The highest BCUT2D eigenvalue weighted by Crippen LogP contribution is 2.23. The summed E-state index contributed by atoms with van der Waals surface area (Å²) < 4.78 is 0. The number of carbonyl (C=O) groups is 3. The number of amides is 4. The van der Waals surface area contributed by atoms with E-state index in [0.29, 0.717) is 17.8 Å². The standard InChI is InChI=1S/C22H24N4O3/c1-15-3-7-18(8-4-15)24-11-12-25(16(2)13-24)21(28)17-5-9-19(10-6-17)26-14-20(27)23-22(26)29/h3-10,16H,11-14H2,1-2H3,(H,23,27,29)/t16-/m0/s1. The summed E-state index contributed by atoms with van der Waals surface area (Å²) in [6, 6.07) is 14.9. The maximum absolute atomic E-state index is 13.0. The summed E-state index contributed by atoms with van der Waals surface area (Å²) in [5.41, 5.74) is 3.59. The van der Waals surface area contributed by atoms with Gasteiger partial charge in [0.25, 0.3) is 5.91 Å². The molecule has 2 saturated heterocycles. The monoisotopic (exact) mass is 392 g/mol. The molecule has 0 saturated carbocycles. The smallest absolute Gasteiger partial charge is 0.329 e. The Morgan fingerprint density at radius 2 is 1.62 bits per heavy atom. The Morgan fingerprint density at radius 1 is 0.966 bits per heavy atom. The first-order valence-corrected chi connectivity index (χ1v) is 9.76. The van der Waals surface area contributed by atoms with Crippen LogP contribution in [0.15, 0.2) is 48.5 Å². The van der Waals surface area contributed by atoms with Crippen LogP contribution in [0.25, 0.3) is 0 Å². The van der Waals surface area contributed by atoms with Gasteiger partial charge >= 0.3 is 6.03 Å². The lowest BCUT2D eigenvalue weighted by molar-refractivity contribution is -0.117. The predicted molar refractivity (Wildman–Crippen MR) is 111 cm³/mol. The SMILES string of the molecule is Cc1ccc(N2CCN(C(=O)c3ccc(N4CC(=O)NC4=O)cc3)[C@@H](C)C2)cc1. The van der Waals surface area contributed by atoms with E-state index in [1.165, 1.54) is 16.2 Å². The number of hydrogen-bond acceptors (Lipinski definition) is 4. The van der Waals surface area contributed by atoms with Crippen LogP contribution in [0.2, 0.25) is 0 Å². The van der Waals surface area contributed by atoms with Gasteiger partial charge < -0.3 is 9.80 Å². The van der Waals surface area contributed by atoms with E-state index in [1.807, 2.05) is 4.90 Å². The molecule has 4 amide bonds. The molecule has 2 aromatic rings. The summed E-state index contributed by atoms with van der Waals surface area (Å²) >= 11 is 0. The number of nitrogens with zero attached hydrogens (tertiary/aromatic N) is 3. The van der Waals surface area contributed by atoms with E-state index in [-0.39, 0.29) is 24.4 Å². The molecule has 2 aliphatic rings. The first-order chi connectivity index (χ1) is 13.9. The summed E-state index contributed by atoms with van der Waals surface area (Å²) in [6.45, 7) is 6.36. The number of carbonyl (C=O) groups excluding carboxylic acids is 3. The maximum atomic E-state index is 13.0. The molecule has 0 spiro atoms. The molecule has 7 nitrogen and oxygen atoms in total. The minimum atomic E-state index is -0.435. The molecule has 7 heteroatoms. The first kappa shape index (κ1) is 19.0. The molecule has 0 radical (unpaired) electrons. The molecule has 0 unspecified atom stereocenters. The van der Waals surface area contributed by atoms with Gasteiger partial charge in [-0.15, -0.1) is 0 Å². The van der Waals surface area contributed by atoms with Crippen LogP contribution < -0.4 is 15.1 Å². The van der Waals surface area contributed by atoms with E-state index < -0.39 is 6.03 Å². The second-order valence-corrected chi connectivity index (χ2v) is 7.62. The Morgan fingerprint density at radius 3 is 2.21 bits per heavy atom. The van der Waals surface area contributed by atoms with Crippen molar-refractivity contribution < 1.29 is 14.4 Å². The Hall–Kier alpha value is -3.35. The molecule has 2 fully saturated rings. The number of benzene rings is 2. The molecule has 2 heterocycles. The van der Waals surface area contributed by atoms with Crippen molar-refractivity contribution in [3.05, 3.63) is 59.7 Å². The second-order valence-electron chi connectivity index (χ2n) is 7.62. The molecule has 1 atom stereocenters.